The number of H-pyrrole nitrogens is 1. The van der Waals surface area contributed by atoms with Crippen LogP contribution >= 0.6 is 12.2 Å². The standard InChI is InChI=1S/C13H14N4O4S/c1-3-13(20)9(19)7(4-18)21-12(13)17-5-14-8-10(17)15-6(2)16-11(8)22/h1,5,7,9,12,18-20H,4H2,2H3,(H,15,16,22)/t7-,9+,12-,13?/m1/s1/i4D2. The number of aromatic nitrogens is 4. The Hall–Kier alpha value is -1.83. The lowest BCUT2D eigenvalue weighted by Gasteiger charge is -2.26. The first-order chi connectivity index (χ1) is 11.1. The third-order valence-corrected chi connectivity index (χ3v) is 3.85. The zero-order chi connectivity index (χ0) is 17.9. The van der Waals surface area contributed by atoms with E-state index in [-0.39, 0.29) is 4.64 Å². The average molecular weight is 324 g/mol. The molecule has 3 rings (SSSR count). The summed E-state index contributed by atoms with van der Waals surface area (Å²) in [6, 6.07) is 0. The highest BCUT2D eigenvalue weighted by Crippen LogP contribution is 2.39. The number of hydrogen-bond acceptors (Lipinski definition) is 7. The van der Waals surface area contributed by atoms with Crippen LogP contribution in [0.5, 0.6) is 0 Å². The van der Waals surface area contributed by atoms with E-state index < -0.39 is 30.6 Å². The summed E-state index contributed by atoms with van der Waals surface area (Å²) >= 11 is 5.12. The second kappa shape index (κ2) is 5.12. The highest BCUT2D eigenvalue weighted by molar-refractivity contribution is 7.71. The third kappa shape index (κ3) is 1.97. The van der Waals surface area contributed by atoms with E-state index in [9.17, 15) is 15.3 Å². The van der Waals surface area contributed by atoms with Crippen molar-refractivity contribution in [3.8, 4) is 12.3 Å². The van der Waals surface area contributed by atoms with Crippen molar-refractivity contribution in [2.24, 2.45) is 0 Å². The number of imidazole rings is 1. The Labute approximate surface area is 133 Å². The fourth-order valence-corrected chi connectivity index (χ4v) is 2.74. The minimum absolute atomic E-state index is 0.219. The summed E-state index contributed by atoms with van der Waals surface area (Å²) in [4.78, 5) is 11.1. The van der Waals surface area contributed by atoms with Crippen molar-refractivity contribution in [3.05, 3.63) is 16.8 Å². The Morgan fingerprint density at radius 2 is 2.45 bits per heavy atom. The number of nitrogens with zero attached hydrogens (tertiary/aromatic N) is 3. The molecule has 1 saturated heterocycles. The first-order valence-corrected chi connectivity index (χ1v) is 6.70. The average Bonchev–Trinajstić information content (AvgIpc) is 2.99. The van der Waals surface area contributed by atoms with Crippen LogP contribution in [0.25, 0.3) is 11.2 Å². The van der Waals surface area contributed by atoms with Gasteiger partial charge in [0, 0.05) is 0 Å². The van der Waals surface area contributed by atoms with Crippen LogP contribution in [0.1, 0.15) is 14.8 Å². The highest BCUT2D eigenvalue weighted by atomic mass is 32.1. The number of aromatic amines is 1. The number of rotatable bonds is 2. The van der Waals surface area contributed by atoms with E-state index in [1.807, 2.05) is 5.92 Å². The molecule has 0 amide bonds. The van der Waals surface area contributed by atoms with E-state index in [1.54, 1.807) is 6.92 Å². The van der Waals surface area contributed by atoms with Gasteiger partial charge in [-0.15, -0.1) is 6.42 Å². The lowest BCUT2D eigenvalue weighted by atomic mass is 9.95. The van der Waals surface area contributed by atoms with Gasteiger partial charge in [-0.25, -0.2) is 9.97 Å². The summed E-state index contributed by atoms with van der Waals surface area (Å²) in [5.41, 5.74) is -1.64. The Morgan fingerprint density at radius 3 is 3.09 bits per heavy atom. The Bertz CT molecular complexity index is 902. The van der Waals surface area contributed by atoms with Crippen LogP contribution in [0.2, 0.25) is 0 Å². The second-order valence-electron chi connectivity index (χ2n) is 4.93. The molecule has 8 nitrogen and oxygen atoms in total. The van der Waals surface area contributed by atoms with Gasteiger partial charge in [0.1, 0.15) is 29.2 Å². The van der Waals surface area contributed by atoms with Crippen molar-refractivity contribution in [1.82, 2.24) is 19.5 Å². The quantitative estimate of drug-likeness (QED) is 0.431. The lowest BCUT2D eigenvalue weighted by molar-refractivity contribution is -0.0721. The second-order valence-corrected chi connectivity index (χ2v) is 5.32. The summed E-state index contributed by atoms with van der Waals surface area (Å²) in [5.74, 6) is 2.50. The van der Waals surface area contributed by atoms with E-state index in [0.29, 0.717) is 17.0 Å². The number of fused-ring (bicyclic) bond motifs is 1. The molecule has 2 aromatic heterocycles. The van der Waals surface area contributed by atoms with Crippen LogP contribution < -0.4 is 0 Å². The summed E-state index contributed by atoms with van der Waals surface area (Å²) in [7, 11) is 0. The summed E-state index contributed by atoms with van der Waals surface area (Å²) in [6.45, 7) is -1.25. The predicted octanol–water partition coefficient (Wildman–Crippen LogP) is -0.588. The first kappa shape index (κ1) is 12.7. The smallest absolute Gasteiger partial charge is 0.199 e. The van der Waals surface area contributed by atoms with Gasteiger partial charge in [0.05, 0.1) is 15.6 Å². The molecular formula is C13H14N4O4S. The van der Waals surface area contributed by atoms with Crippen molar-refractivity contribution >= 4 is 23.4 Å². The largest absolute Gasteiger partial charge is 0.394 e. The van der Waals surface area contributed by atoms with Gasteiger partial charge >= 0.3 is 0 Å². The van der Waals surface area contributed by atoms with Crippen molar-refractivity contribution in [3.63, 3.8) is 0 Å². The van der Waals surface area contributed by atoms with Crippen molar-refractivity contribution in [2.45, 2.75) is 31.0 Å². The molecular weight excluding hydrogens is 308 g/mol. The Morgan fingerprint density at radius 1 is 1.73 bits per heavy atom. The van der Waals surface area contributed by atoms with E-state index in [2.05, 4.69) is 15.0 Å². The van der Waals surface area contributed by atoms with Crippen LogP contribution in [0.3, 0.4) is 0 Å². The minimum atomic E-state index is -2.92. The van der Waals surface area contributed by atoms with Crippen molar-refractivity contribution in [2.75, 3.05) is 6.56 Å². The monoisotopic (exact) mass is 324 g/mol. The molecule has 4 atom stereocenters. The number of aliphatic hydroxyl groups is 3. The minimum Gasteiger partial charge on any atom is -0.394 e. The Kier molecular flexibility index (Phi) is 2.95. The van der Waals surface area contributed by atoms with E-state index in [0.717, 1.165) is 0 Å². The SMILES string of the molecule is [2H]C([2H])(O)[C@H]1O[C@@H](n2cnc3c(=S)nc(C)[nH]c32)C(O)(C#C)[C@H]1O. The molecule has 0 spiro atoms. The topological polar surface area (TPSA) is 116 Å². The molecule has 1 aliphatic heterocycles. The maximum atomic E-state index is 10.6. The molecule has 1 unspecified atom stereocenters. The molecule has 1 fully saturated rings. The van der Waals surface area contributed by atoms with Gasteiger partial charge in [-0.05, 0) is 6.92 Å². The zero-order valence-corrected chi connectivity index (χ0v) is 12.2. The number of hydrogen-bond donors (Lipinski definition) is 4. The Balaban J connectivity index is 2.19. The van der Waals surface area contributed by atoms with Crippen molar-refractivity contribution in [1.29, 1.82) is 0 Å². The number of aliphatic hydroxyl groups excluding tert-OH is 1. The van der Waals surface area contributed by atoms with Crippen LogP contribution in [0.4, 0.5) is 0 Å². The lowest BCUT2D eigenvalue weighted by Crippen LogP contribution is -2.45. The molecule has 0 aromatic carbocycles. The van der Waals surface area contributed by atoms with Gasteiger partial charge < -0.3 is 25.0 Å². The number of ether oxygens (including phenoxy) is 1. The number of terminal acetylenes is 1. The molecule has 4 N–H and O–H groups in total. The van der Waals surface area contributed by atoms with E-state index >= 15 is 0 Å². The van der Waals surface area contributed by atoms with E-state index in [1.165, 1.54) is 10.9 Å². The van der Waals surface area contributed by atoms with Crippen LogP contribution in [-0.2, 0) is 4.74 Å². The molecule has 3 heterocycles. The van der Waals surface area contributed by atoms with Gasteiger partial charge in [-0.2, -0.15) is 0 Å². The summed E-state index contributed by atoms with van der Waals surface area (Å²) in [6.07, 6.45) is 1.59. The molecule has 0 saturated carbocycles. The van der Waals surface area contributed by atoms with Gasteiger partial charge in [0.25, 0.3) is 0 Å². The fraction of sp³-hybridized carbons (Fsp3) is 0.462. The first-order valence-electron chi connectivity index (χ1n) is 7.29. The van der Waals surface area contributed by atoms with Gasteiger partial charge in [0.2, 0.25) is 0 Å². The van der Waals surface area contributed by atoms with Gasteiger partial charge in [0.15, 0.2) is 16.5 Å². The summed E-state index contributed by atoms with van der Waals surface area (Å²) in [5, 5.41) is 30.4. The van der Waals surface area contributed by atoms with Gasteiger partial charge in [-0.3, -0.25) is 4.57 Å². The van der Waals surface area contributed by atoms with Crippen LogP contribution in [0, 0.1) is 23.9 Å². The maximum Gasteiger partial charge on any atom is 0.199 e. The molecule has 22 heavy (non-hydrogen) atoms. The normalized spacial score (nSPS) is 33.5. The number of nitrogens with one attached hydrogen (secondary N) is 1. The molecule has 2 aromatic rings. The van der Waals surface area contributed by atoms with Gasteiger partial charge in [-0.1, -0.05) is 18.1 Å². The predicted molar refractivity (Wildman–Crippen MR) is 78.2 cm³/mol. The summed E-state index contributed by atoms with van der Waals surface area (Å²) < 4.78 is 21.6. The molecule has 1 aliphatic rings. The molecule has 0 bridgehead atoms. The van der Waals surface area contributed by atoms with E-state index in [4.69, 9.17) is 26.1 Å². The fourth-order valence-electron chi connectivity index (χ4n) is 2.45. The third-order valence-electron chi connectivity index (χ3n) is 3.57. The molecule has 116 valence electrons. The zero-order valence-electron chi connectivity index (χ0n) is 13.4. The maximum absolute atomic E-state index is 10.6. The molecule has 0 radical (unpaired) electrons. The molecule has 9 heteroatoms. The molecule has 0 aliphatic carbocycles. The highest BCUT2D eigenvalue weighted by Gasteiger charge is 2.55. The van der Waals surface area contributed by atoms with Crippen LogP contribution in [0.15, 0.2) is 6.33 Å². The van der Waals surface area contributed by atoms with Crippen LogP contribution in [-0.4, -0.2) is 59.2 Å². The number of aryl methyl sites for hydroxylation is 1. The van der Waals surface area contributed by atoms with Crippen molar-refractivity contribution < 1.29 is 22.8 Å².